The van der Waals surface area contributed by atoms with Crippen molar-refractivity contribution in [3.8, 4) is 11.5 Å². The maximum absolute atomic E-state index is 12.6. The number of amides is 2. The first-order valence-electron chi connectivity index (χ1n) is 8.75. The average Bonchev–Trinajstić information content (AvgIpc) is 2.68. The minimum absolute atomic E-state index is 0.146. The van der Waals surface area contributed by atoms with E-state index in [9.17, 15) is 9.59 Å². The van der Waals surface area contributed by atoms with Gasteiger partial charge in [0.05, 0.1) is 5.92 Å². The molecule has 0 saturated carbocycles. The highest BCUT2D eigenvalue weighted by Crippen LogP contribution is 2.20. The molecule has 142 valence electrons. The van der Waals surface area contributed by atoms with Crippen molar-refractivity contribution >= 4 is 23.5 Å². The molecule has 3 rings (SSSR count). The van der Waals surface area contributed by atoms with Crippen molar-refractivity contribution in [2.45, 2.75) is 26.7 Å². The van der Waals surface area contributed by atoms with Gasteiger partial charge in [0, 0.05) is 18.8 Å². The Morgan fingerprint density at radius 1 is 0.964 bits per heavy atom. The van der Waals surface area contributed by atoms with Crippen molar-refractivity contribution in [3.05, 3.63) is 60.0 Å². The molecule has 0 fully saturated rings. The van der Waals surface area contributed by atoms with Crippen LogP contribution in [0.3, 0.4) is 0 Å². The summed E-state index contributed by atoms with van der Waals surface area (Å²) in [6.45, 7) is 4.96. The van der Waals surface area contributed by atoms with Crippen LogP contribution in [0, 0.1) is 6.92 Å². The fourth-order valence-electron chi connectivity index (χ4n) is 2.58. The normalized spacial score (nSPS) is 11.5. The maximum atomic E-state index is 12.6. The summed E-state index contributed by atoms with van der Waals surface area (Å²) < 4.78 is 0. The van der Waals surface area contributed by atoms with Gasteiger partial charge < -0.3 is 5.32 Å². The molecule has 0 radical (unpaired) electrons. The lowest BCUT2D eigenvalue weighted by molar-refractivity contribution is -0.117. The summed E-state index contributed by atoms with van der Waals surface area (Å²) in [6.07, 6.45) is 1.65. The van der Waals surface area contributed by atoms with Gasteiger partial charge >= 0.3 is 0 Å². The third-order valence-electron chi connectivity index (χ3n) is 4.00. The molecule has 2 amide bonds. The second-order valence-electron chi connectivity index (χ2n) is 6.26. The first-order valence-corrected chi connectivity index (χ1v) is 8.75. The lowest BCUT2D eigenvalue weighted by Crippen LogP contribution is -2.21. The van der Waals surface area contributed by atoms with Crippen molar-refractivity contribution in [2.24, 2.45) is 0 Å². The van der Waals surface area contributed by atoms with Crippen LogP contribution in [0.15, 0.2) is 48.7 Å². The van der Waals surface area contributed by atoms with Crippen LogP contribution in [0.1, 0.15) is 31.2 Å². The van der Waals surface area contributed by atoms with E-state index in [0.717, 1.165) is 5.56 Å². The summed E-state index contributed by atoms with van der Waals surface area (Å²) in [7, 11) is 0. The second kappa shape index (κ2) is 8.34. The Morgan fingerprint density at radius 2 is 1.71 bits per heavy atom. The van der Waals surface area contributed by atoms with Gasteiger partial charge in [-0.25, -0.2) is 4.98 Å². The van der Waals surface area contributed by atoms with Crippen LogP contribution >= 0.6 is 0 Å². The number of aryl methyl sites for hydroxylation is 1. The van der Waals surface area contributed by atoms with Crippen molar-refractivity contribution in [3.63, 3.8) is 0 Å². The summed E-state index contributed by atoms with van der Waals surface area (Å²) >= 11 is 0. The van der Waals surface area contributed by atoms with Gasteiger partial charge in [-0.05, 0) is 43.7 Å². The van der Waals surface area contributed by atoms with Gasteiger partial charge in [-0.2, -0.15) is 9.97 Å². The van der Waals surface area contributed by atoms with Crippen molar-refractivity contribution in [1.29, 1.82) is 0 Å². The van der Waals surface area contributed by atoms with Gasteiger partial charge in [-0.15, -0.1) is 0 Å². The minimum Gasteiger partial charge on any atom is -0.326 e. The van der Waals surface area contributed by atoms with E-state index in [0.29, 0.717) is 23.0 Å². The number of carbonyl (C=O) groups is 2. The average molecular weight is 376 g/mol. The highest BCUT2D eigenvalue weighted by Gasteiger charge is 2.17. The molecule has 0 spiro atoms. The number of nitrogens with zero attached hydrogens (tertiary/aromatic N) is 4. The number of aromatic nitrogens is 4. The Labute approximate surface area is 162 Å². The molecule has 2 heterocycles. The zero-order chi connectivity index (χ0) is 20.1. The zero-order valence-electron chi connectivity index (χ0n) is 15.8. The van der Waals surface area contributed by atoms with Gasteiger partial charge in [0.25, 0.3) is 0 Å². The van der Waals surface area contributed by atoms with E-state index in [1.807, 2.05) is 6.07 Å². The third kappa shape index (κ3) is 4.73. The van der Waals surface area contributed by atoms with Crippen LogP contribution in [0.5, 0.6) is 0 Å². The Morgan fingerprint density at radius 3 is 2.36 bits per heavy atom. The maximum Gasteiger partial charge on any atom is 0.233 e. The molecule has 0 bridgehead atoms. The van der Waals surface area contributed by atoms with Crippen molar-refractivity contribution in [1.82, 2.24) is 19.9 Å². The van der Waals surface area contributed by atoms with E-state index in [-0.39, 0.29) is 17.8 Å². The van der Waals surface area contributed by atoms with Crippen LogP contribution in [-0.4, -0.2) is 31.8 Å². The van der Waals surface area contributed by atoms with Crippen LogP contribution in [0.25, 0.3) is 11.5 Å². The number of anilines is 2. The Hall–Kier alpha value is -3.68. The van der Waals surface area contributed by atoms with Crippen LogP contribution in [0.2, 0.25) is 0 Å². The highest BCUT2D eigenvalue weighted by molar-refractivity contribution is 5.94. The molecule has 28 heavy (non-hydrogen) atoms. The standard InChI is InChI=1S/C20H20N6O2/c1-12(15-7-9-16(10-8-15)24-14(3)27)19(28)26-20-23-13(2)22-18(25-20)17-6-4-5-11-21-17/h4-12H,1-3H3,(H,24,27)(H,22,23,25,26,28). The van der Waals surface area contributed by atoms with Crippen LogP contribution in [0.4, 0.5) is 11.6 Å². The monoisotopic (exact) mass is 376 g/mol. The quantitative estimate of drug-likeness (QED) is 0.708. The van der Waals surface area contributed by atoms with Crippen LogP contribution < -0.4 is 10.6 Å². The lowest BCUT2D eigenvalue weighted by atomic mass is 10.00. The molecule has 0 aliphatic heterocycles. The predicted octanol–water partition coefficient (Wildman–Crippen LogP) is 2.94. The number of benzene rings is 1. The SMILES string of the molecule is CC(=O)Nc1ccc(C(C)C(=O)Nc2nc(C)nc(-c3ccccn3)n2)cc1. The molecule has 2 aromatic heterocycles. The van der Waals surface area contributed by atoms with Gasteiger partial charge in [-0.1, -0.05) is 18.2 Å². The zero-order valence-corrected chi connectivity index (χ0v) is 15.8. The predicted molar refractivity (Wildman–Crippen MR) is 106 cm³/mol. The molecule has 0 aliphatic carbocycles. The Bertz CT molecular complexity index is 989. The summed E-state index contributed by atoms with van der Waals surface area (Å²) in [5.41, 5.74) is 2.09. The first-order chi connectivity index (χ1) is 13.4. The smallest absolute Gasteiger partial charge is 0.233 e. The highest BCUT2D eigenvalue weighted by atomic mass is 16.2. The molecule has 2 N–H and O–H groups in total. The molecule has 8 heteroatoms. The molecular weight excluding hydrogens is 356 g/mol. The fourth-order valence-corrected chi connectivity index (χ4v) is 2.58. The molecule has 0 aliphatic rings. The van der Waals surface area contributed by atoms with Gasteiger partial charge in [0.2, 0.25) is 17.8 Å². The summed E-state index contributed by atoms with van der Waals surface area (Å²) in [5.74, 6) is 0.243. The van der Waals surface area contributed by atoms with Gasteiger partial charge in [0.1, 0.15) is 11.5 Å². The number of pyridine rings is 1. The molecule has 0 saturated heterocycles. The van der Waals surface area contributed by atoms with Gasteiger partial charge in [0.15, 0.2) is 5.82 Å². The largest absolute Gasteiger partial charge is 0.326 e. The Balaban J connectivity index is 1.75. The summed E-state index contributed by atoms with van der Waals surface area (Å²) in [5, 5.41) is 5.43. The molecule has 1 aromatic carbocycles. The first kappa shape index (κ1) is 19.1. The topological polar surface area (TPSA) is 110 Å². The molecular formula is C20H20N6O2. The lowest BCUT2D eigenvalue weighted by Gasteiger charge is -2.13. The number of carbonyl (C=O) groups excluding carboxylic acids is 2. The minimum atomic E-state index is -0.429. The van der Waals surface area contributed by atoms with E-state index in [2.05, 4.69) is 30.6 Å². The summed E-state index contributed by atoms with van der Waals surface area (Å²) in [6, 6.07) is 12.5. The molecule has 8 nitrogen and oxygen atoms in total. The fraction of sp³-hybridized carbons (Fsp3) is 0.200. The van der Waals surface area contributed by atoms with E-state index >= 15 is 0 Å². The Kier molecular flexibility index (Phi) is 5.69. The van der Waals surface area contributed by atoms with Crippen LogP contribution in [-0.2, 0) is 9.59 Å². The van der Waals surface area contributed by atoms with Gasteiger partial charge in [-0.3, -0.25) is 19.9 Å². The van der Waals surface area contributed by atoms with Crippen molar-refractivity contribution < 1.29 is 9.59 Å². The molecule has 3 aromatic rings. The third-order valence-corrected chi connectivity index (χ3v) is 4.00. The molecule has 1 atom stereocenters. The molecule has 1 unspecified atom stereocenters. The van der Waals surface area contributed by atoms with E-state index in [1.54, 1.807) is 56.4 Å². The summed E-state index contributed by atoms with van der Waals surface area (Å²) in [4.78, 5) is 40.7. The van der Waals surface area contributed by atoms with Crippen molar-refractivity contribution in [2.75, 3.05) is 10.6 Å². The second-order valence-corrected chi connectivity index (χ2v) is 6.26. The number of hydrogen-bond acceptors (Lipinski definition) is 6. The van der Waals surface area contributed by atoms with E-state index in [4.69, 9.17) is 0 Å². The van der Waals surface area contributed by atoms with E-state index in [1.165, 1.54) is 6.92 Å². The van der Waals surface area contributed by atoms with E-state index < -0.39 is 5.92 Å². The number of hydrogen-bond donors (Lipinski definition) is 2. The number of nitrogens with one attached hydrogen (secondary N) is 2. The number of rotatable bonds is 5.